The Morgan fingerprint density at radius 1 is 0.930 bits per heavy atom. The smallest absolute Gasteiger partial charge is 0.329 e. The number of benzene rings is 4. The van der Waals surface area contributed by atoms with Gasteiger partial charge in [-0.15, -0.1) is 0 Å². The van der Waals surface area contributed by atoms with Gasteiger partial charge in [0, 0.05) is 28.1 Å². The predicted octanol–water partition coefficient (Wildman–Crippen LogP) is 7.07. The van der Waals surface area contributed by atoms with E-state index in [1.54, 1.807) is 0 Å². The van der Waals surface area contributed by atoms with Gasteiger partial charge in [0.15, 0.2) is 6.04 Å². The number of nitrogens with zero attached hydrogens (tertiary/aromatic N) is 2. The fourth-order valence-corrected chi connectivity index (χ4v) is 6.81. The second-order valence-corrected chi connectivity index (χ2v) is 12.2. The van der Waals surface area contributed by atoms with Crippen molar-refractivity contribution < 1.29 is 14.7 Å². The van der Waals surface area contributed by atoms with Crippen molar-refractivity contribution in [3.63, 3.8) is 0 Å². The molecule has 6 nitrogen and oxygen atoms in total. The number of carbonyl (C=O) groups excluding carboxylic acids is 1. The lowest BCUT2D eigenvalue weighted by atomic mass is 9.92. The zero-order chi connectivity index (χ0) is 29.8. The fraction of sp³-hybridized carbons (Fsp3) is 0.250. The monoisotopic (exact) mass is 635 g/mol. The maximum Gasteiger partial charge on any atom is 0.329 e. The van der Waals surface area contributed by atoms with Crippen LogP contribution >= 0.6 is 15.9 Å². The molecule has 1 saturated heterocycles. The minimum Gasteiger partial charge on any atom is -0.480 e. The molecule has 0 aromatic heterocycles. The first kappa shape index (κ1) is 29.0. The summed E-state index contributed by atoms with van der Waals surface area (Å²) in [5.41, 5.74) is 6.06. The summed E-state index contributed by atoms with van der Waals surface area (Å²) in [6, 6.07) is 32.3. The average molecular weight is 637 g/mol. The molecule has 0 bridgehead atoms. The lowest BCUT2D eigenvalue weighted by Gasteiger charge is -2.25. The normalized spacial score (nSPS) is 19.1. The van der Waals surface area contributed by atoms with Gasteiger partial charge in [-0.25, -0.2) is 4.79 Å². The van der Waals surface area contributed by atoms with E-state index < -0.39 is 12.0 Å². The lowest BCUT2D eigenvalue weighted by Crippen LogP contribution is -2.39. The van der Waals surface area contributed by atoms with Gasteiger partial charge < -0.3 is 10.4 Å². The van der Waals surface area contributed by atoms with Crippen LogP contribution in [0.4, 0.5) is 5.69 Å². The van der Waals surface area contributed by atoms with Crippen molar-refractivity contribution in [2.45, 2.75) is 50.2 Å². The molecular formula is C36H34BrN3O3. The molecule has 0 saturated carbocycles. The maximum atomic E-state index is 13.7. The zero-order valence-electron chi connectivity index (χ0n) is 23.8. The highest BCUT2D eigenvalue weighted by molar-refractivity contribution is 9.10. The van der Waals surface area contributed by atoms with Crippen molar-refractivity contribution in [1.29, 1.82) is 0 Å². The first-order chi connectivity index (χ1) is 21.0. The van der Waals surface area contributed by atoms with Crippen LogP contribution in [0.5, 0.6) is 0 Å². The number of hydrogen-bond acceptors (Lipinski definition) is 4. The maximum absolute atomic E-state index is 13.7. The zero-order valence-corrected chi connectivity index (χ0v) is 25.4. The van der Waals surface area contributed by atoms with E-state index in [4.69, 9.17) is 4.99 Å². The second kappa shape index (κ2) is 13.1. The Balaban J connectivity index is 1.34. The predicted molar refractivity (Wildman–Crippen MR) is 174 cm³/mol. The summed E-state index contributed by atoms with van der Waals surface area (Å²) in [6.07, 6.45) is 3.28. The molecule has 4 aromatic carbocycles. The SMILES string of the molecule is O=C(O)[C@@H](/N=C(\c1ccccc1)c1ccccc1NC(=O)[C@@H]1CCCN1Cc1ccccc1)[C@@H]1CCc2ccc(Br)cc21. The van der Waals surface area contributed by atoms with Crippen LogP contribution in [0.3, 0.4) is 0 Å². The van der Waals surface area contributed by atoms with Gasteiger partial charge in [-0.1, -0.05) is 101 Å². The Morgan fingerprint density at radius 2 is 1.65 bits per heavy atom. The van der Waals surface area contributed by atoms with Crippen LogP contribution in [0.1, 0.15) is 53.0 Å². The summed E-state index contributed by atoms with van der Waals surface area (Å²) < 4.78 is 0.927. The van der Waals surface area contributed by atoms with Gasteiger partial charge in [0.2, 0.25) is 5.91 Å². The summed E-state index contributed by atoms with van der Waals surface area (Å²) >= 11 is 3.56. The Bertz CT molecular complexity index is 1640. The molecule has 6 rings (SSSR count). The van der Waals surface area contributed by atoms with E-state index in [0.717, 1.165) is 48.0 Å². The number of aliphatic imine (C=N–C) groups is 1. The van der Waals surface area contributed by atoms with Gasteiger partial charge in [-0.2, -0.15) is 0 Å². The van der Waals surface area contributed by atoms with Crippen LogP contribution in [0.15, 0.2) is 113 Å². The first-order valence-corrected chi connectivity index (χ1v) is 15.6. The van der Waals surface area contributed by atoms with Crippen molar-refractivity contribution in [3.05, 3.63) is 135 Å². The highest BCUT2D eigenvalue weighted by atomic mass is 79.9. The number of fused-ring (bicyclic) bond motifs is 1. The first-order valence-electron chi connectivity index (χ1n) is 14.8. The number of carboxylic acid groups (broad SMARTS) is 1. The summed E-state index contributed by atoms with van der Waals surface area (Å²) in [5.74, 6) is -1.27. The van der Waals surface area contributed by atoms with E-state index in [1.165, 1.54) is 11.1 Å². The van der Waals surface area contributed by atoms with Gasteiger partial charge >= 0.3 is 5.97 Å². The number of aryl methyl sites for hydroxylation is 1. The molecule has 7 heteroatoms. The molecule has 218 valence electrons. The second-order valence-electron chi connectivity index (χ2n) is 11.3. The van der Waals surface area contributed by atoms with Crippen LogP contribution in [0, 0.1) is 0 Å². The Morgan fingerprint density at radius 3 is 2.42 bits per heavy atom. The van der Waals surface area contributed by atoms with Crippen molar-refractivity contribution in [1.82, 2.24) is 4.90 Å². The molecule has 3 atom stereocenters. The molecule has 0 spiro atoms. The number of likely N-dealkylation sites (tertiary alicyclic amines) is 1. The number of amides is 1. The fourth-order valence-electron chi connectivity index (χ4n) is 6.43. The van der Waals surface area contributed by atoms with Crippen LogP contribution in [0.2, 0.25) is 0 Å². The summed E-state index contributed by atoms with van der Waals surface area (Å²) in [7, 11) is 0. The van der Waals surface area contributed by atoms with Crippen LogP contribution < -0.4 is 5.32 Å². The quantitative estimate of drug-likeness (QED) is 0.193. The van der Waals surface area contributed by atoms with Crippen molar-refractivity contribution in [3.8, 4) is 0 Å². The number of hydrogen-bond donors (Lipinski definition) is 2. The molecule has 0 radical (unpaired) electrons. The number of para-hydroxylation sites is 1. The van der Waals surface area contributed by atoms with Gasteiger partial charge in [-0.3, -0.25) is 14.7 Å². The van der Waals surface area contributed by atoms with Crippen LogP contribution in [-0.4, -0.2) is 46.2 Å². The molecule has 0 unspecified atom stereocenters. The van der Waals surface area contributed by atoms with E-state index in [-0.39, 0.29) is 17.9 Å². The van der Waals surface area contributed by atoms with E-state index in [1.807, 2.05) is 84.9 Å². The summed E-state index contributed by atoms with van der Waals surface area (Å²) in [4.78, 5) is 33.8. The Labute approximate surface area is 260 Å². The molecule has 2 N–H and O–H groups in total. The van der Waals surface area contributed by atoms with Crippen LogP contribution in [-0.2, 0) is 22.6 Å². The van der Waals surface area contributed by atoms with Gasteiger partial charge in [0.25, 0.3) is 0 Å². The molecule has 4 aromatic rings. The number of carboxylic acids is 1. The van der Waals surface area contributed by atoms with Gasteiger partial charge in [0.05, 0.1) is 17.4 Å². The molecule has 43 heavy (non-hydrogen) atoms. The molecule has 1 aliphatic heterocycles. The van der Waals surface area contributed by atoms with Gasteiger partial charge in [0.1, 0.15) is 0 Å². The highest BCUT2D eigenvalue weighted by Gasteiger charge is 2.36. The number of carbonyl (C=O) groups is 2. The minimum atomic E-state index is -0.981. The van der Waals surface area contributed by atoms with E-state index in [0.29, 0.717) is 23.4 Å². The van der Waals surface area contributed by atoms with Crippen molar-refractivity contribution in [2.24, 2.45) is 4.99 Å². The number of anilines is 1. The Hall–Kier alpha value is -4.07. The number of halogens is 1. The molecule has 1 aliphatic carbocycles. The van der Waals surface area contributed by atoms with Crippen molar-refractivity contribution >= 4 is 39.2 Å². The van der Waals surface area contributed by atoms with Crippen LogP contribution in [0.25, 0.3) is 0 Å². The number of aliphatic carboxylic acids is 1. The van der Waals surface area contributed by atoms with E-state index >= 15 is 0 Å². The Kier molecular flexibility index (Phi) is 8.82. The number of nitrogens with one attached hydrogen (secondary N) is 1. The topological polar surface area (TPSA) is 82.0 Å². The summed E-state index contributed by atoms with van der Waals surface area (Å²) in [5, 5.41) is 13.7. The number of rotatable bonds is 9. The minimum absolute atomic E-state index is 0.0577. The van der Waals surface area contributed by atoms with Gasteiger partial charge in [-0.05, 0) is 67.1 Å². The third kappa shape index (κ3) is 6.48. The average Bonchev–Trinajstić information content (AvgIpc) is 3.66. The largest absolute Gasteiger partial charge is 0.480 e. The summed E-state index contributed by atoms with van der Waals surface area (Å²) in [6.45, 7) is 1.58. The van der Waals surface area contributed by atoms with Crippen molar-refractivity contribution in [2.75, 3.05) is 11.9 Å². The molecule has 2 aliphatic rings. The van der Waals surface area contributed by atoms with E-state index in [2.05, 4.69) is 44.3 Å². The molecule has 1 amide bonds. The lowest BCUT2D eigenvalue weighted by molar-refractivity contribution is -0.139. The van der Waals surface area contributed by atoms with E-state index in [9.17, 15) is 14.7 Å². The third-order valence-electron chi connectivity index (χ3n) is 8.52. The third-order valence-corrected chi connectivity index (χ3v) is 9.01. The molecule has 1 fully saturated rings. The molecular weight excluding hydrogens is 602 g/mol. The highest BCUT2D eigenvalue weighted by Crippen LogP contribution is 2.39. The standard InChI is InChI=1S/C36H34BrN3O3/c37-27-19-17-25-18-20-28(30(25)22-27)34(36(42)43)39-33(26-12-5-2-6-13-26)29-14-7-8-15-31(29)38-35(41)32-16-9-21-40(32)23-24-10-3-1-4-11-24/h1-8,10-15,17,19,22,28,32,34H,9,16,18,20-21,23H2,(H,38,41)(H,42,43)/b39-33+/t28-,32+,34+/m1/s1. The molecule has 1 heterocycles.